The Morgan fingerprint density at radius 2 is 1.33 bits per heavy atom. The van der Waals surface area contributed by atoms with E-state index in [4.69, 9.17) is 0 Å². The Balaban J connectivity index is 2.96. The van der Waals surface area contributed by atoms with Crippen LogP contribution in [0.3, 0.4) is 0 Å². The molecule has 0 spiro atoms. The van der Waals surface area contributed by atoms with Gasteiger partial charge in [0.2, 0.25) is 0 Å². The highest BCUT2D eigenvalue weighted by atomic mass is 14.8. The second-order valence-corrected chi connectivity index (χ2v) is 3.68. The third kappa shape index (κ3) is 2.03. The highest BCUT2D eigenvalue weighted by Gasteiger charge is 2.04. The van der Waals surface area contributed by atoms with Crippen molar-refractivity contribution in [1.29, 1.82) is 0 Å². The van der Waals surface area contributed by atoms with E-state index in [0.29, 0.717) is 11.8 Å². The van der Waals surface area contributed by atoms with Crippen LogP contribution < -0.4 is 0 Å². The summed E-state index contributed by atoms with van der Waals surface area (Å²) >= 11 is 0. The lowest BCUT2D eigenvalue weighted by Gasteiger charge is -2.07. The Morgan fingerprint density at radius 1 is 0.917 bits per heavy atom. The molecule has 2 nitrogen and oxygen atoms in total. The van der Waals surface area contributed by atoms with Gasteiger partial charge in [-0.1, -0.05) is 27.7 Å². The smallest absolute Gasteiger partial charge is 0.115 e. The summed E-state index contributed by atoms with van der Waals surface area (Å²) in [6.45, 7) is 8.58. The van der Waals surface area contributed by atoms with Gasteiger partial charge in [-0.25, -0.2) is 9.97 Å². The molecular weight excluding hydrogens is 148 g/mol. The van der Waals surface area contributed by atoms with E-state index < -0.39 is 0 Å². The molecule has 0 N–H and O–H groups in total. The fourth-order valence-corrected chi connectivity index (χ4v) is 1.02. The Bertz CT molecular complexity index is 231. The molecule has 0 amide bonds. The first-order chi connectivity index (χ1) is 5.61. The molecule has 0 aromatic carbocycles. The minimum absolute atomic E-state index is 0.491. The van der Waals surface area contributed by atoms with Gasteiger partial charge in [0, 0.05) is 11.4 Å². The van der Waals surface area contributed by atoms with Crippen molar-refractivity contribution in [2.24, 2.45) is 0 Å². The minimum atomic E-state index is 0.491. The fraction of sp³-hybridized carbons (Fsp3) is 0.600. The van der Waals surface area contributed by atoms with Crippen LogP contribution >= 0.6 is 0 Å². The van der Waals surface area contributed by atoms with Crippen molar-refractivity contribution in [2.45, 2.75) is 39.5 Å². The van der Waals surface area contributed by atoms with Crippen LogP contribution in [0.15, 0.2) is 12.4 Å². The molecule has 1 aromatic rings. The molecule has 2 heteroatoms. The molecule has 0 radical (unpaired) electrons. The van der Waals surface area contributed by atoms with Crippen molar-refractivity contribution in [3.05, 3.63) is 23.8 Å². The van der Waals surface area contributed by atoms with Crippen LogP contribution in [0.4, 0.5) is 0 Å². The zero-order chi connectivity index (χ0) is 9.14. The Labute approximate surface area is 74.1 Å². The van der Waals surface area contributed by atoms with E-state index >= 15 is 0 Å². The SMILES string of the molecule is CC(C)c1cc(C(C)C)ncn1. The van der Waals surface area contributed by atoms with Gasteiger partial charge < -0.3 is 0 Å². The first-order valence-corrected chi connectivity index (χ1v) is 4.43. The van der Waals surface area contributed by atoms with E-state index in [2.05, 4.69) is 43.7 Å². The van der Waals surface area contributed by atoms with Gasteiger partial charge in [0.05, 0.1) is 0 Å². The Hall–Kier alpha value is -0.920. The first-order valence-electron chi connectivity index (χ1n) is 4.43. The minimum Gasteiger partial charge on any atom is -0.241 e. The van der Waals surface area contributed by atoms with Crippen LogP contribution in [0.2, 0.25) is 0 Å². The molecule has 0 saturated heterocycles. The summed E-state index contributed by atoms with van der Waals surface area (Å²) in [4.78, 5) is 8.42. The average Bonchev–Trinajstić information content (AvgIpc) is 2.04. The van der Waals surface area contributed by atoms with Gasteiger partial charge in [-0.15, -0.1) is 0 Å². The molecule has 66 valence electrons. The third-order valence-electron chi connectivity index (χ3n) is 1.89. The van der Waals surface area contributed by atoms with E-state index in [0.717, 1.165) is 11.4 Å². The number of hydrogen-bond donors (Lipinski definition) is 0. The summed E-state index contributed by atoms with van der Waals surface area (Å²) in [5, 5.41) is 0. The molecule has 12 heavy (non-hydrogen) atoms. The van der Waals surface area contributed by atoms with Crippen molar-refractivity contribution in [1.82, 2.24) is 9.97 Å². The second-order valence-electron chi connectivity index (χ2n) is 3.68. The molecule has 0 aliphatic rings. The van der Waals surface area contributed by atoms with Gasteiger partial charge in [0.1, 0.15) is 6.33 Å². The van der Waals surface area contributed by atoms with Gasteiger partial charge in [0.25, 0.3) is 0 Å². The summed E-state index contributed by atoms with van der Waals surface area (Å²) in [6, 6.07) is 2.09. The maximum absolute atomic E-state index is 4.21. The van der Waals surface area contributed by atoms with Crippen LogP contribution in [0.25, 0.3) is 0 Å². The lowest BCUT2D eigenvalue weighted by atomic mass is 10.1. The van der Waals surface area contributed by atoms with Crippen molar-refractivity contribution < 1.29 is 0 Å². The van der Waals surface area contributed by atoms with Crippen molar-refractivity contribution >= 4 is 0 Å². The zero-order valence-corrected chi connectivity index (χ0v) is 8.20. The predicted octanol–water partition coefficient (Wildman–Crippen LogP) is 2.72. The van der Waals surface area contributed by atoms with Crippen LogP contribution in [0, 0.1) is 0 Å². The quantitative estimate of drug-likeness (QED) is 0.671. The molecule has 0 bridgehead atoms. The van der Waals surface area contributed by atoms with Crippen LogP contribution in [0.5, 0.6) is 0 Å². The highest BCUT2D eigenvalue weighted by molar-refractivity contribution is 5.13. The molecule has 1 aromatic heterocycles. The largest absolute Gasteiger partial charge is 0.241 e. The summed E-state index contributed by atoms with van der Waals surface area (Å²) in [5.41, 5.74) is 2.27. The molecule has 1 heterocycles. The van der Waals surface area contributed by atoms with Gasteiger partial charge in [0.15, 0.2) is 0 Å². The van der Waals surface area contributed by atoms with Gasteiger partial charge >= 0.3 is 0 Å². The molecular formula is C10H16N2. The Kier molecular flexibility index (Phi) is 2.79. The normalized spacial score (nSPS) is 11.2. The summed E-state index contributed by atoms with van der Waals surface area (Å²) in [5.74, 6) is 0.982. The lowest BCUT2D eigenvalue weighted by molar-refractivity contribution is 0.767. The molecule has 0 atom stereocenters. The molecule has 0 fully saturated rings. The van der Waals surface area contributed by atoms with E-state index in [1.165, 1.54) is 0 Å². The van der Waals surface area contributed by atoms with E-state index in [9.17, 15) is 0 Å². The molecule has 1 rings (SSSR count). The van der Waals surface area contributed by atoms with E-state index in [-0.39, 0.29) is 0 Å². The monoisotopic (exact) mass is 164 g/mol. The van der Waals surface area contributed by atoms with Gasteiger partial charge in [-0.3, -0.25) is 0 Å². The molecule has 0 aliphatic heterocycles. The standard InChI is InChI=1S/C10H16N2/c1-7(2)9-5-10(8(3)4)12-6-11-9/h5-8H,1-4H3. The van der Waals surface area contributed by atoms with E-state index in [1.54, 1.807) is 6.33 Å². The van der Waals surface area contributed by atoms with Crippen molar-refractivity contribution in [3.8, 4) is 0 Å². The second kappa shape index (κ2) is 3.65. The average molecular weight is 164 g/mol. The van der Waals surface area contributed by atoms with Gasteiger partial charge in [-0.2, -0.15) is 0 Å². The Morgan fingerprint density at radius 3 is 1.67 bits per heavy atom. The summed E-state index contributed by atoms with van der Waals surface area (Å²) in [7, 11) is 0. The van der Waals surface area contributed by atoms with Crippen LogP contribution in [-0.4, -0.2) is 9.97 Å². The van der Waals surface area contributed by atoms with Crippen molar-refractivity contribution in [3.63, 3.8) is 0 Å². The summed E-state index contributed by atoms with van der Waals surface area (Å²) in [6.07, 6.45) is 1.66. The molecule has 0 unspecified atom stereocenters. The first kappa shape index (κ1) is 9.17. The van der Waals surface area contributed by atoms with Gasteiger partial charge in [-0.05, 0) is 17.9 Å². The molecule has 0 aliphatic carbocycles. The third-order valence-corrected chi connectivity index (χ3v) is 1.89. The highest BCUT2D eigenvalue weighted by Crippen LogP contribution is 2.15. The number of rotatable bonds is 2. The number of aromatic nitrogens is 2. The van der Waals surface area contributed by atoms with E-state index in [1.807, 2.05) is 0 Å². The maximum atomic E-state index is 4.21. The topological polar surface area (TPSA) is 25.8 Å². The summed E-state index contributed by atoms with van der Waals surface area (Å²) < 4.78 is 0. The number of nitrogens with zero attached hydrogens (tertiary/aromatic N) is 2. The zero-order valence-electron chi connectivity index (χ0n) is 8.20. The van der Waals surface area contributed by atoms with Crippen LogP contribution in [0.1, 0.15) is 50.9 Å². The molecule has 0 saturated carbocycles. The predicted molar refractivity (Wildman–Crippen MR) is 50.2 cm³/mol. The van der Waals surface area contributed by atoms with Crippen LogP contribution in [-0.2, 0) is 0 Å². The van der Waals surface area contributed by atoms with Crippen molar-refractivity contribution in [2.75, 3.05) is 0 Å². The lowest BCUT2D eigenvalue weighted by Crippen LogP contribution is -1.98. The maximum Gasteiger partial charge on any atom is 0.115 e. The fourth-order valence-electron chi connectivity index (χ4n) is 1.02. The number of hydrogen-bond acceptors (Lipinski definition) is 2.